The lowest BCUT2D eigenvalue weighted by Crippen LogP contribution is -2.23. The molecule has 0 aromatic heterocycles. The molecule has 26 heavy (non-hydrogen) atoms. The summed E-state index contributed by atoms with van der Waals surface area (Å²) in [5.74, 6) is -0.826. The number of carbonyl (C=O) groups excluding carboxylic acids is 2. The quantitative estimate of drug-likeness (QED) is 0.565. The van der Waals surface area contributed by atoms with Gasteiger partial charge in [0.2, 0.25) is 11.8 Å². The van der Waals surface area contributed by atoms with Crippen LogP contribution >= 0.6 is 27.7 Å². The molecule has 0 heterocycles. The van der Waals surface area contributed by atoms with Gasteiger partial charge >= 0.3 is 0 Å². The normalized spacial score (nSPS) is 11.7. The second kappa shape index (κ2) is 9.73. The molecule has 1 unspecified atom stereocenters. The van der Waals surface area contributed by atoms with Crippen LogP contribution in [0, 0.1) is 5.82 Å². The molecule has 2 rings (SSSR count). The molecule has 2 N–H and O–H groups in total. The van der Waals surface area contributed by atoms with Gasteiger partial charge in [-0.2, -0.15) is 0 Å². The molecule has 0 spiro atoms. The minimum absolute atomic E-state index is 0.0360. The molecule has 2 amide bonds. The van der Waals surface area contributed by atoms with E-state index in [1.54, 1.807) is 19.1 Å². The number of rotatable bonds is 7. The third-order valence-corrected chi connectivity index (χ3v) is 5.05. The Bertz CT molecular complexity index is 801. The Morgan fingerprint density at radius 2 is 1.96 bits per heavy atom. The van der Waals surface area contributed by atoms with E-state index in [0.717, 1.165) is 11.3 Å². The molecule has 0 radical (unpaired) electrons. The number of hydrogen-bond acceptors (Lipinski definition) is 3. The molecular weight excluding hydrogens is 419 g/mol. The van der Waals surface area contributed by atoms with E-state index in [1.165, 1.54) is 23.9 Å². The van der Waals surface area contributed by atoms with Crippen molar-refractivity contribution in [2.75, 3.05) is 10.6 Å². The smallest absolute Gasteiger partial charge is 0.237 e. The van der Waals surface area contributed by atoms with Crippen LogP contribution in [0.2, 0.25) is 0 Å². The van der Waals surface area contributed by atoms with Crippen LogP contribution < -0.4 is 10.6 Å². The van der Waals surface area contributed by atoms with Crippen molar-refractivity contribution in [1.29, 1.82) is 0 Å². The topological polar surface area (TPSA) is 58.2 Å². The van der Waals surface area contributed by atoms with E-state index in [1.807, 2.05) is 25.1 Å². The van der Waals surface area contributed by atoms with Crippen molar-refractivity contribution < 1.29 is 14.0 Å². The summed E-state index contributed by atoms with van der Waals surface area (Å²) in [7, 11) is 0. The van der Waals surface area contributed by atoms with Crippen LogP contribution in [0.25, 0.3) is 0 Å². The second-order valence-corrected chi connectivity index (χ2v) is 8.03. The van der Waals surface area contributed by atoms with E-state index in [2.05, 4.69) is 26.6 Å². The van der Waals surface area contributed by atoms with E-state index >= 15 is 0 Å². The van der Waals surface area contributed by atoms with Crippen LogP contribution in [0.1, 0.15) is 26.7 Å². The standard InChI is InChI=1S/C19H20BrFN2O2S/c1-3-5-18(24)22-14-6-4-7-15(11-14)26-12(2)19(25)23-17-9-8-13(20)10-16(17)21/h4,6-12H,3,5H2,1-2H3,(H,22,24)(H,23,25). The fraction of sp³-hybridized carbons (Fsp3) is 0.263. The Kier molecular flexibility index (Phi) is 7.66. The van der Waals surface area contributed by atoms with Gasteiger partial charge in [0.1, 0.15) is 5.82 Å². The van der Waals surface area contributed by atoms with Crippen LogP contribution in [0.4, 0.5) is 15.8 Å². The summed E-state index contributed by atoms with van der Waals surface area (Å²) >= 11 is 4.52. The van der Waals surface area contributed by atoms with Crippen LogP contribution in [-0.4, -0.2) is 17.1 Å². The van der Waals surface area contributed by atoms with E-state index in [0.29, 0.717) is 16.6 Å². The number of hydrogen-bond donors (Lipinski definition) is 2. The number of benzene rings is 2. The Morgan fingerprint density at radius 3 is 2.65 bits per heavy atom. The zero-order valence-electron chi connectivity index (χ0n) is 14.5. The van der Waals surface area contributed by atoms with Gasteiger partial charge in [-0.25, -0.2) is 4.39 Å². The van der Waals surface area contributed by atoms with Gasteiger partial charge in [-0.05, 0) is 49.7 Å². The average Bonchev–Trinajstić information content (AvgIpc) is 2.57. The third-order valence-electron chi connectivity index (χ3n) is 3.47. The highest BCUT2D eigenvalue weighted by atomic mass is 79.9. The highest BCUT2D eigenvalue weighted by Gasteiger charge is 2.16. The maximum absolute atomic E-state index is 13.8. The van der Waals surface area contributed by atoms with Crippen molar-refractivity contribution >= 4 is 50.9 Å². The molecular formula is C19H20BrFN2O2S. The van der Waals surface area contributed by atoms with Crippen molar-refractivity contribution in [3.63, 3.8) is 0 Å². The van der Waals surface area contributed by atoms with E-state index in [9.17, 15) is 14.0 Å². The molecule has 0 fully saturated rings. The molecule has 0 bridgehead atoms. The number of anilines is 2. The number of amides is 2. The van der Waals surface area contributed by atoms with Crippen LogP contribution in [0.5, 0.6) is 0 Å². The predicted octanol–water partition coefficient (Wildman–Crippen LogP) is 5.45. The van der Waals surface area contributed by atoms with E-state index < -0.39 is 11.1 Å². The molecule has 2 aromatic carbocycles. The first kappa shape index (κ1) is 20.5. The summed E-state index contributed by atoms with van der Waals surface area (Å²) in [5.41, 5.74) is 0.839. The second-order valence-electron chi connectivity index (χ2n) is 5.70. The van der Waals surface area contributed by atoms with Gasteiger partial charge in [0.25, 0.3) is 0 Å². The van der Waals surface area contributed by atoms with Gasteiger partial charge in [-0.1, -0.05) is 28.9 Å². The van der Waals surface area contributed by atoms with Crippen molar-refractivity contribution in [1.82, 2.24) is 0 Å². The summed E-state index contributed by atoms with van der Waals surface area (Å²) in [4.78, 5) is 24.9. The summed E-state index contributed by atoms with van der Waals surface area (Å²) in [6.45, 7) is 3.69. The maximum Gasteiger partial charge on any atom is 0.237 e. The lowest BCUT2D eigenvalue weighted by molar-refractivity contribution is -0.116. The van der Waals surface area contributed by atoms with Crippen LogP contribution in [0.3, 0.4) is 0 Å². The van der Waals surface area contributed by atoms with Crippen molar-refractivity contribution in [2.24, 2.45) is 0 Å². The van der Waals surface area contributed by atoms with Crippen molar-refractivity contribution in [3.05, 3.63) is 52.8 Å². The molecule has 2 aromatic rings. The average molecular weight is 439 g/mol. The molecule has 0 aliphatic heterocycles. The van der Waals surface area contributed by atoms with E-state index in [-0.39, 0.29) is 17.5 Å². The molecule has 0 aliphatic rings. The van der Waals surface area contributed by atoms with E-state index in [4.69, 9.17) is 0 Å². The molecule has 138 valence electrons. The Hall–Kier alpha value is -1.86. The Morgan fingerprint density at radius 1 is 1.19 bits per heavy atom. The van der Waals surface area contributed by atoms with Gasteiger partial charge in [-0.3, -0.25) is 9.59 Å². The number of nitrogens with one attached hydrogen (secondary N) is 2. The fourth-order valence-corrected chi connectivity index (χ4v) is 3.44. The summed E-state index contributed by atoms with van der Waals surface area (Å²) in [6.07, 6.45) is 1.25. The minimum Gasteiger partial charge on any atom is -0.326 e. The SMILES string of the molecule is CCCC(=O)Nc1cccc(SC(C)C(=O)Nc2ccc(Br)cc2F)c1. The van der Waals surface area contributed by atoms with Crippen molar-refractivity contribution in [2.45, 2.75) is 36.8 Å². The Labute approximate surface area is 165 Å². The van der Waals surface area contributed by atoms with Gasteiger partial charge in [-0.15, -0.1) is 11.8 Å². The maximum atomic E-state index is 13.8. The summed E-state index contributed by atoms with van der Waals surface area (Å²) < 4.78 is 14.5. The van der Waals surface area contributed by atoms with Crippen LogP contribution in [-0.2, 0) is 9.59 Å². The predicted molar refractivity (Wildman–Crippen MR) is 108 cm³/mol. The number of halogens is 2. The molecule has 0 saturated heterocycles. The highest BCUT2D eigenvalue weighted by Crippen LogP contribution is 2.27. The zero-order chi connectivity index (χ0) is 19.1. The van der Waals surface area contributed by atoms with Crippen LogP contribution in [0.15, 0.2) is 51.8 Å². The summed E-state index contributed by atoms with van der Waals surface area (Å²) in [6, 6.07) is 11.8. The number of thioether (sulfide) groups is 1. The van der Waals surface area contributed by atoms with Gasteiger partial charge in [0, 0.05) is 21.5 Å². The fourth-order valence-electron chi connectivity index (χ4n) is 2.18. The largest absolute Gasteiger partial charge is 0.326 e. The molecule has 0 aliphatic carbocycles. The lowest BCUT2D eigenvalue weighted by Gasteiger charge is -2.13. The lowest BCUT2D eigenvalue weighted by atomic mass is 10.3. The first-order chi connectivity index (χ1) is 12.4. The molecule has 4 nitrogen and oxygen atoms in total. The van der Waals surface area contributed by atoms with Gasteiger partial charge < -0.3 is 10.6 Å². The first-order valence-corrected chi connectivity index (χ1v) is 9.88. The van der Waals surface area contributed by atoms with Crippen molar-refractivity contribution in [3.8, 4) is 0 Å². The van der Waals surface area contributed by atoms with Gasteiger partial charge in [0.15, 0.2) is 0 Å². The summed E-state index contributed by atoms with van der Waals surface area (Å²) in [5, 5.41) is 5.00. The van der Waals surface area contributed by atoms with Gasteiger partial charge in [0.05, 0.1) is 10.9 Å². The molecule has 7 heteroatoms. The highest BCUT2D eigenvalue weighted by molar-refractivity contribution is 9.10. The molecule has 1 atom stereocenters. The zero-order valence-corrected chi connectivity index (χ0v) is 16.9. The first-order valence-electron chi connectivity index (χ1n) is 8.21. The number of carbonyl (C=O) groups is 2. The Balaban J connectivity index is 1.99. The third kappa shape index (κ3) is 6.14. The minimum atomic E-state index is -0.495. The molecule has 0 saturated carbocycles. The monoisotopic (exact) mass is 438 g/mol.